The summed E-state index contributed by atoms with van der Waals surface area (Å²) in [7, 11) is 0. The van der Waals surface area contributed by atoms with Crippen LogP contribution in [0.2, 0.25) is 5.02 Å². The van der Waals surface area contributed by atoms with Crippen LogP contribution in [0, 0.1) is 0 Å². The zero-order chi connectivity index (χ0) is 19.5. The number of benzene rings is 1. The van der Waals surface area contributed by atoms with Crippen LogP contribution in [-0.4, -0.2) is 31.2 Å². The van der Waals surface area contributed by atoms with E-state index in [1.165, 1.54) is 12.4 Å². The Labute approximate surface area is 164 Å². The van der Waals surface area contributed by atoms with E-state index < -0.39 is 11.8 Å². The summed E-state index contributed by atoms with van der Waals surface area (Å²) < 4.78 is 1.69. The van der Waals surface area contributed by atoms with Crippen molar-refractivity contribution in [3.63, 3.8) is 0 Å². The molecular weight excluding hydrogens is 380 g/mol. The Morgan fingerprint density at radius 3 is 2.46 bits per heavy atom. The van der Waals surface area contributed by atoms with E-state index in [1.807, 2.05) is 0 Å². The van der Waals surface area contributed by atoms with E-state index in [1.54, 1.807) is 59.4 Å². The number of para-hydroxylation sites is 1. The van der Waals surface area contributed by atoms with Crippen molar-refractivity contribution in [3.8, 4) is 0 Å². The highest BCUT2D eigenvalue weighted by atomic mass is 35.5. The SMILES string of the molecule is O=C(Nc1ccc(Cl)cn1)c1ccccc1NC(=O)c1nccn2ccnc12. The number of halogens is 1. The van der Waals surface area contributed by atoms with Gasteiger partial charge in [-0.2, -0.15) is 0 Å². The maximum atomic E-state index is 12.7. The Balaban J connectivity index is 1.59. The quantitative estimate of drug-likeness (QED) is 0.555. The normalized spacial score (nSPS) is 10.6. The molecule has 4 rings (SSSR count). The molecular formula is C19H13ClN6O2. The van der Waals surface area contributed by atoms with Crippen LogP contribution in [-0.2, 0) is 0 Å². The first-order valence-electron chi connectivity index (χ1n) is 8.23. The first kappa shape index (κ1) is 17.6. The Hall–Kier alpha value is -3.78. The highest BCUT2D eigenvalue weighted by molar-refractivity contribution is 6.30. The summed E-state index contributed by atoms with van der Waals surface area (Å²) in [6, 6.07) is 9.86. The zero-order valence-corrected chi connectivity index (χ0v) is 15.1. The van der Waals surface area contributed by atoms with Gasteiger partial charge in [0.2, 0.25) is 0 Å². The number of fused-ring (bicyclic) bond motifs is 1. The van der Waals surface area contributed by atoms with Crippen LogP contribution in [0.1, 0.15) is 20.8 Å². The van der Waals surface area contributed by atoms with Crippen molar-refractivity contribution in [2.45, 2.75) is 0 Å². The van der Waals surface area contributed by atoms with Gasteiger partial charge in [-0.1, -0.05) is 23.7 Å². The number of nitrogens with one attached hydrogen (secondary N) is 2. The molecule has 0 unspecified atom stereocenters. The van der Waals surface area contributed by atoms with E-state index in [9.17, 15) is 9.59 Å². The van der Waals surface area contributed by atoms with Gasteiger partial charge in [0.1, 0.15) is 5.82 Å². The Morgan fingerprint density at radius 1 is 0.893 bits per heavy atom. The topological polar surface area (TPSA) is 101 Å². The van der Waals surface area contributed by atoms with Crippen LogP contribution < -0.4 is 10.6 Å². The molecule has 0 fully saturated rings. The number of hydrogen-bond acceptors (Lipinski definition) is 5. The molecule has 0 aliphatic rings. The van der Waals surface area contributed by atoms with Crippen LogP contribution in [0.25, 0.3) is 5.65 Å². The van der Waals surface area contributed by atoms with E-state index in [0.717, 1.165) is 0 Å². The number of carbonyl (C=O) groups is 2. The summed E-state index contributed by atoms with van der Waals surface area (Å²) >= 11 is 5.80. The van der Waals surface area contributed by atoms with Gasteiger partial charge < -0.3 is 15.0 Å². The molecule has 3 heterocycles. The zero-order valence-electron chi connectivity index (χ0n) is 14.3. The summed E-state index contributed by atoms with van der Waals surface area (Å²) in [5.41, 5.74) is 1.20. The molecule has 0 atom stereocenters. The summed E-state index contributed by atoms with van der Waals surface area (Å²) in [5, 5.41) is 5.86. The lowest BCUT2D eigenvalue weighted by molar-refractivity contribution is 0.102. The number of rotatable bonds is 4. The fourth-order valence-electron chi connectivity index (χ4n) is 2.62. The summed E-state index contributed by atoms with van der Waals surface area (Å²) in [6.07, 6.45) is 7.93. The van der Waals surface area contributed by atoms with Crippen molar-refractivity contribution in [2.75, 3.05) is 10.6 Å². The van der Waals surface area contributed by atoms with E-state index in [2.05, 4.69) is 25.6 Å². The molecule has 2 N–H and O–H groups in total. The Morgan fingerprint density at radius 2 is 1.68 bits per heavy atom. The molecule has 0 radical (unpaired) electrons. The van der Waals surface area contributed by atoms with E-state index in [-0.39, 0.29) is 11.3 Å². The third-order valence-electron chi connectivity index (χ3n) is 3.92. The molecule has 0 spiro atoms. The number of pyridine rings is 1. The van der Waals surface area contributed by atoms with Crippen LogP contribution >= 0.6 is 11.6 Å². The van der Waals surface area contributed by atoms with Gasteiger partial charge in [0, 0.05) is 31.0 Å². The lowest BCUT2D eigenvalue weighted by atomic mass is 10.1. The molecule has 3 aromatic heterocycles. The fourth-order valence-corrected chi connectivity index (χ4v) is 2.73. The molecule has 9 heteroatoms. The minimum absolute atomic E-state index is 0.155. The van der Waals surface area contributed by atoms with Gasteiger partial charge in [-0.15, -0.1) is 0 Å². The van der Waals surface area contributed by atoms with Gasteiger partial charge in [-0.25, -0.2) is 15.0 Å². The second-order valence-electron chi connectivity index (χ2n) is 5.75. The average molecular weight is 393 g/mol. The van der Waals surface area contributed by atoms with Crippen molar-refractivity contribution >= 4 is 40.6 Å². The van der Waals surface area contributed by atoms with Crippen molar-refractivity contribution < 1.29 is 9.59 Å². The predicted molar refractivity (Wildman–Crippen MR) is 105 cm³/mol. The number of hydrogen-bond donors (Lipinski definition) is 2. The molecule has 8 nitrogen and oxygen atoms in total. The predicted octanol–water partition coefficient (Wildman–Crippen LogP) is 3.28. The highest BCUT2D eigenvalue weighted by Gasteiger charge is 2.17. The largest absolute Gasteiger partial charge is 0.320 e. The van der Waals surface area contributed by atoms with Crippen molar-refractivity contribution in [1.82, 2.24) is 19.4 Å². The second-order valence-corrected chi connectivity index (χ2v) is 6.19. The first-order chi connectivity index (χ1) is 13.6. The highest BCUT2D eigenvalue weighted by Crippen LogP contribution is 2.19. The summed E-state index contributed by atoms with van der Waals surface area (Å²) in [6.45, 7) is 0. The van der Waals surface area contributed by atoms with Gasteiger partial charge in [0.25, 0.3) is 11.8 Å². The minimum atomic E-state index is -0.471. The molecule has 2 amide bonds. The minimum Gasteiger partial charge on any atom is -0.320 e. The number of nitrogens with zero attached hydrogens (tertiary/aromatic N) is 4. The molecule has 28 heavy (non-hydrogen) atoms. The summed E-state index contributed by atoms with van der Waals surface area (Å²) in [5.74, 6) is -0.543. The van der Waals surface area contributed by atoms with Crippen molar-refractivity contribution in [1.29, 1.82) is 0 Å². The number of imidazole rings is 1. The van der Waals surface area contributed by atoms with Gasteiger partial charge in [-0.3, -0.25) is 9.59 Å². The van der Waals surface area contributed by atoms with Crippen molar-refractivity contribution in [2.24, 2.45) is 0 Å². The molecule has 0 saturated carbocycles. The molecule has 0 aliphatic carbocycles. The standard InChI is InChI=1S/C19H13ClN6O2/c20-12-5-6-15(23-11-12)25-18(27)13-3-1-2-4-14(13)24-19(28)16-17-22-8-10-26(17)9-7-21-16/h1-11H,(H,24,28)(H,23,25,27). The number of carbonyl (C=O) groups excluding carboxylic acids is 2. The monoisotopic (exact) mass is 392 g/mol. The molecule has 138 valence electrons. The van der Waals surface area contributed by atoms with Gasteiger partial charge in [0.05, 0.1) is 16.3 Å². The molecule has 1 aromatic carbocycles. The van der Waals surface area contributed by atoms with Crippen molar-refractivity contribution in [3.05, 3.63) is 83.7 Å². The maximum Gasteiger partial charge on any atom is 0.278 e. The van der Waals surface area contributed by atoms with Crippen LogP contribution in [0.4, 0.5) is 11.5 Å². The third kappa shape index (κ3) is 3.53. The number of aromatic nitrogens is 4. The smallest absolute Gasteiger partial charge is 0.278 e. The Kier molecular flexibility index (Phi) is 4.69. The fraction of sp³-hybridized carbons (Fsp3) is 0. The van der Waals surface area contributed by atoms with Crippen LogP contribution in [0.3, 0.4) is 0 Å². The lowest BCUT2D eigenvalue weighted by Gasteiger charge is -2.11. The second kappa shape index (κ2) is 7.45. The Bertz CT molecular complexity index is 1170. The van der Waals surface area contributed by atoms with Crippen LogP contribution in [0.15, 0.2) is 67.4 Å². The summed E-state index contributed by atoms with van der Waals surface area (Å²) in [4.78, 5) is 37.6. The average Bonchev–Trinajstić information content (AvgIpc) is 3.19. The lowest BCUT2D eigenvalue weighted by Crippen LogP contribution is -2.20. The third-order valence-corrected chi connectivity index (χ3v) is 4.14. The molecule has 0 saturated heterocycles. The maximum absolute atomic E-state index is 12.7. The van der Waals surface area contributed by atoms with Gasteiger partial charge in [-0.05, 0) is 24.3 Å². The van der Waals surface area contributed by atoms with Gasteiger partial charge in [0.15, 0.2) is 11.3 Å². The molecule has 4 aromatic rings. The van der Waals surface area contributed by atoms with E-state index >= 15 is 0 Å². The van der Waals surface area contributed by atoms with Crippen LogP contribution in [0.5, 0.6) is 0 Å². The van der Waals surface area contributed by atoms with Gasteiger partial charge >= 0.3 is 0 Å². The number of anilines is 2. The number of amides is 2. The van der Waals surface area contributed by atoms with E-state index in [0.29, 0.717) is 22.2 Å². The molecule has 0 bridgehead atoms. The van der Waals surface area contributed by atoms with E-state index in [4.69, 9.17) is 11.6 Å². The molecule has 0 aliphatic heterocycles. The first-order valence-corrected chi connectivity index (χ1v) is 8.60.